The summed E-state index contributed by atoms with van der Waals surface area (Å²) in [7, 11) is 0. The third-order valence-corrected chi connectivity index (χ3v) is 9.56. The number of aromatic nitrogens is 1. The number of fused-ring (bicyclic) bond motifs is 1. The quantitative estimate of drug-likeness (QED) is 0.459. The van der Waals surface area contributed by atoms with Crippen LogP contribution in [-0.2, 0) is 18.1 Å². The van der Waals surface area contributed by atoms with Gasteiger partial charge in [-0.25, -0.2) is 14.2 Å². The first kappa shape index (κ1) is 26.4. The van der Waals surface area contributed by atoms with E-state index in [0.29, 0.717) is 31.0 Å². The number of hydrogen-bond donors (Lipinski definition) is 2. The van der Waals surface area contributed by atoms with E-state index < -0.39 is 23.6 Å². The average Bonchev–Trinajstić information content (AvgIpc) is 3.15. The van der Waals surface area contributed by atoms with Gasteiger partial charge in [0.15, 0.2) is 0 Å². The zero-order chi connectivity index (χ0) is 26.4. The number of thiazole rings is 1. The molecule has 202 valence electrons. The van der Waals surface area contributed by atoms with Crippen LogP contribution in [0.2, 0.25) is 0 Å². The van der Waals surface area contributed by atoms with Crippen LogP contribution >= 0.6 is 11.3 Å². The predicted octanol–water partition coefficient (Wildman–Crippen LogP) is 5.45. The average molecular weight is 540 g/mol. The smallest absolute Gasteiger partial charge is 0.325 e. The normalized spacial score (nSPS) is 27.7. The molecule has 1 aliphatic heterocycles. The van der Waals surface area contributed by atoms with Gasteiger partial charge in [-0.2, -0.15) is 13.2 Å². The Hall–Kier alpha value is -2.24. The Labute approximate surface area is 218 Å². The van der Waals surface area contributed by atoms with Crippen LogP contribution in [0.3, 0.4) is 0 Å². The molecule has 4 atom stereocenters. The number of carbonyl (C=O) groups is 1. The number of benzene rings is 1. The summed E-state index contributed by atoms with van der Waals surface area (Å²) < 4.78 is 53.4. The number of nitrogens with one attached hydrogen (secondary N) is 1. The number of likely N-dealkylation sites (tertiary alicyclic amines) is 1. The van der Waals surface area contributed by atoms with E-state index in [9.17, 15) is 22.4 Å². The fourth-order valence-corrected chi connectivity index (χ4v) is 7.26. The van der Waals surface area contributed by atoms with Gasteiger partial charge in [0, 0.05) is 54.4 Å². The number of carbonyl (C=O) groups excluding carboxylic acids is 1. The molecule has 2 saturated carbocycles. The molecule has 1 unspecified atom stereocenters. The molecule has 2 amide bonds. The van der Waals surface area contributed by atoms with Crippen LogP contribution in [0.25, 0.3) is 0 Å². The number of amides is 2. The lowest BCUT2D eigenvalue weighted by Gasteiger charge is -2.37. The third kappa shape index (κ3) is 5.49. The van der Waals surface area contributed by atoms with Crippen molar-refractivity contribution in [2.75, 3.05) is 31.5 Å². The van der Waals surface area contributed by atoms with Gasteiger partial charge in [-0.15, -0.1) is 11.3 Å². The highest BCUT2D eigenvalue weighted by Gasteiger charge is 2.59. The van der Waals surface area contributed by atoms with Gasteiger partial charge in [0.25, 0.3) is 0 Å². The summed E-state index contributed by atoms with van der Waals surface area (Å²) in [6.07, 6.45) is 1.88. The van der Waals surface area contributed by atoms with Crippen molar-refractivity contribution < 1.29 is 22.4 Å². The van der Waals surface area contributed by atoms with Crippen molar-refractivity contribution in [1.82, 2.24) is 14.8 Å². The zero-order valence-electron chi connectivity index (χ0n) is 20.9. The van der Waals surface area contributed by atoms with Crippen molar-refractivity contribution in [2.24, 2.45) is 17.6 Å². The summed E-state index contributed by atoms with van der Waals surface area (Å²) in [5, 5.41) is 3.55. The summed E-state index contributed by atoms with van der Waals surface area (Å²) in [6, 6.07) is 2.14. The molecule has 11 heteroatoms. The number of halogens is 4. The third-order valence-electron chi connectivity index (χ3n) is 8.32. The van der Waals surface area contributed by atoms with Gasteiger partial charge in [-0.1, -0.05) is 6.92 Å². The van der Waals surface area contributed by atoms with E-state index in [1.54, 1.807) is 16.2 Å². The molecule has 1 aromatic carbocycles. The standard InChI is InChI=1S/C26H33F4N5OS/c1-16-5-7-34(15-16)8-9-35(24(36)33-18-2-3-21(27)20(11-18)26(28,29)30)19-4-6-25(12-17(25)10-19)22-14-32-23(13-31)37-22/h2-3,11,14,16-17,19H,4-10,12-13,15,31H2,1H3,(H,33,36)/t16-,17?,19-,25+/m1/s1. The van der Waals surface area contributed by atoms with Crippen molar-refractivity contribution in [3.8, 4) is 0 Å². The lowest BCUT2D eigenvalue weighted by molar-refractivity contribution is -0.139. The summed E-state index contributed by atoms with van der Waals surface area (Å²) in [5.41, 5.74) is 4.42. The Kier molecular flexibility index (Phi) is 7.23. The maximum atomic E-state index is 13.8. The van der Waals surface area contributed by atoms with E-state index in [1.807, 2.05) is 6.20 Å². The zero-order valence-corrected chi connectivity index (χ0v) is 21.7. The van der Waals surface area contributed by atoms with Crippen LogP contribution in [0.15, 0.2) is 24.4 Å². The highest BCUT2D eigenvalue weighted by Crippen LogP contribution is 2.63. The fourth-order valence-electron chi connectivity index (χ4n) is 6.15. The molecule has 0 spiro atoms. The van der Waals surface area contributed by atoms with Crippen LogP contribution in [0, 0.1) is 17.7 Å². The minimum absolute atomic E-state index is 0.00918. The van der Waals surface area contributed by atoms with E-state index in [1.165, 1.54) is 10.9 Å². The maximum absolute atomic E-state index is 13.8. The molecule has 3 fully saturated rings. The number of hydrogen-bond acceptors (Lipinski definition) is 5. The van der Waals surface area contributed by atoms with E-state index in [-0.39, 0.29) is 17.1 Å². The van der Waals surface area contributed by atoms with Gasteiger partial charge in [-0.05, 0) is 68.7 Å². The molecule has 2 aromatic rings. The summed E-state index contributed by atoms with van der Waals surface area (Å²) in [5.74, 6) is -0.298. The molecular formula is C26H33F4N5OS. The van der Waals surface area contributed by atoms with Gasteiger partial charge in [-0.3, -0.25) is 0 Å². The lowest BCUT2D eigenvalue weighted by atomic mass is 9.84. The van der Waals surface area contributed by atoms with Gasteiger partial charge in [0.05, 0.1) is 5.56 Å². The summed E-state index contributed by atoms with van der Waals surface area (Å²) >= 11 is 1.67. The Morgan fingerprint density at radius 3 is 2.81 bits per heavy atom. The first-order valence-electron chi connectivity index (χ1n) is 12.9. The summed E-state index contributed by atoms with van der Waals surface area (Å²) in [4.78, 5) is 23.3. The van der Waals surface area contributed by atoms with Crippen molar-refractivity contribution in [3.63, 3.8) is 0 Å². The van der Waals surface area contributed by atoms with Crippen LogP contribution < -0.4 is 11.1 Å². The predicted molar refractivity (Wildman–Crippen MR) is 135 cm³/mol. The minimum Gasteiger partial charge on any atom is -0.325 e. The van der Waals surface area contributed by atoms with E-state index in [2.05, 4.69) is 22.1 Å². The van der Waals surface area contributed by atoms with E-state index in [0.717, 1.165) is 62.8 Å². The van der Waals surface area contributed by atoms with Gasteiger partial charge in [0.1, 0.15) is 10.8 Å². The van der Waals surface area contributed by atoms with Crippen molar-refractivity contribution in [2.45, 2.75) is 63.2 Å². The Morgan fingerprint density at radius 2 is 2.16 bits per heavy atom. The highest BCUT2D eigenvalue weighted by atomic mass is 32.1. The minimum atomic E-state index is -4.84. The molecule has 1 saturated heterocycles. The lowest BCUT2D eigenvalue weighted by Crippen LogP contribution is -2.48. The van der Waals surface area contributed by atoms with Crippen LogP contribution in [0.4, 0.5) is 28.0 Å². The molecule has 5 rings (SSSR count). The number of nitrogens with two attached hydrogens (primary N) is 1. The molecule has 2 heterocycles. The first-order valence-corrected chi connectivity index (χ1v) is 13.7. The molecule has 0 bridgehead atoms. The summed E-state index contributed by atoms with van der Waals surface area (Å²) in [6.45, 7) is 5.81. The molecule has 3 N–H and O–H groups in total. The largest absolute Gasteiger partial charge is 0.419 e. The molecule has 0 radical (unpaired) electrons. The second kappa shape index (κ2) is 10.1. The van der Waals surface area contributed by atoms with Crippen LogP contribution in [-0.4, -0.2) is 53.0 Å². The molecule has 3 aliphatic rings. The topological polar surface area (TPSA) is 74.5 Å². The second-order valence-electron chi connectivity index (χ2n) is 10.8. The molecular weight excluding hydrogens is 506 g/mol. The Morgan fingerprint density at radius 1 is 1.35 bits per heavy atom. The Balaban J connectivity index is 1.30. The Bertz CT molecular complexity index is 1140. The van der Waals surface area contributed by atoms with Crippen LogP contribution in [0.1, 0.15) is 54.5 Å². The van der Waals surface area contributed by atoms with Gasteiger partial charge in [0.2, 0.25) is 0 Å². The number of rotatable bonds is 7. The van der Waals surface area contributed by atoms with E-state index in [4.69, 9.17) is 5.73 Å². The molecule has 1 aromatic heterocycles. The van der Waals surface area contributed by atoms with Gasteiger partial charge >= 0.3 is 12.2 Å². The highest BCUT2D eigenvalue weighted by molar-refractivity contribution is 7.11. The van der Waals surface area contributed by atoms with Crippen molar-refractivity contribution >= 4 is 23.1 Å². The maximum Gasteiger partial charge on any atom is 0.419 e. The first-order chi connectivity index (χ1) is 17.6. The number of nitrogens with zero attached hydrogens (tertiary/aromatic N) is 3. The van der Waals surface area contributed by atoms with Gasteiger partial charge < -0.3 is 20.9 Å². The van der Waals surface area contributed by atoms with Crippen molar-refractivity contribution in [1.29, 1.82) is 0 Å². The number of anilines is 1. The number of urea groups is 1. The SMILES string of the molecule is C[C@@H]1CCN(CCN(C(=O)Nc2ccc(F)c(C(F)(F)F)c2)[C@@H]2CC[C@]3(c4cnc(CN)s4)CC3C2)C1. The second-order valence-corrected chi connectivity index (χ2v) is 11.9. The molecule has 6 nitrogen and oxygen atoms in total. The monoisotopic (exact) mass is 539 g/mol. The molecule has 37 heavy (non-hydrogen) atoms. The number of alkyl halides is 3. The van der Waals surface area contributed by atoms with Crippen LogP contribution in [0.5, 0.6) is 0 Å². The van der Waals surface area contributed by atoms with E-state index >= 15 is 0 Å². The van der Waals surface area contributed by atoms with Crippen molar-refractivity contribution in [3.05, 3.63) is 45.7 Å². The molecule has 2 aliphatic carbocycles. The fraction of sp³-hybridized carbons (Fsp3) is 0.615.